The third-order valence-corrected chi connectivity index (χ3v) is 7.08. The molecule has 2 bridgehead atoms. The summed E-state index contributed by atoms with van der Waals surface area (Å²) in [5.41, 5.74) is -0.428. The number of carbonyl (C=O) groups is 1. The van der Waals surface area contributed by atoms with Crippen LogP contribution in [0.3, 0.4) is 0 Å². The number of halogens is 4. The summed E-state index contributed by atoms with van der Waals surface area (Å²) >= 11 is 6.02. The fraction of sp³-hybridized carbons (Fsp3) is 0.435. The van der Waals surface area contributed by atoms with E-state index in [-0.39, 0.29) is 17.1 Å². The zero-order valence-electron chi connectivity index (χ0n) is 16.7. The highest BCUT2D eigenvalue weighted by molar-refractivity contribution is 6.34. The van der Waals surface area contributed by atoms with Crippen LogP contribution in [-0.2, 0) is 6.18 Å². The number of benzene rings is 2. The fourth-order valence-electron chi connectivity index (χ4n) is 5.40. The number of likely N-dealkylation sites (N-methyl/N-ethyl adjacent to an activating group) is 1. The van der Waals surface area contributed by atoms with Crippen LogP contribution in [0.25, 0.3) is 0 Å². The SMILES string of the molecule is CCN1C2CCC1(C(NC(=O)c1cccc(C(F)(F)F)c1Cl)c1ccccc1)CC2. The van der Waals surface area contributed by atoms with Gasteiger partial charge in [0.05, 0.1) is 22.2 Å². The Morgan fingerprint density at radius 2 is 1.83 bits per heavy atom. The predicted octanol–water partition coefficient (Wildman–Crippen LogP) is 5.85. The van der Waals surface area contributed by atoms with Gasteiger partial charge in [0.2, 0.25) is 0 Å². The Morgan fingerprint density at radius 1 is 1.17 bits per heavy atom. The highest BCUT2D eigenvalue weighted by Crippen LogP contribution is 2.52. The molecule has 2 fully saturated rings. The number of carbonyl (C=O) groups excluding carboxylic acids is 1. The van der Waals surface area contributed by atoms with Gasteiger partial charge in [-0.05, 0) is 49.9 Å². The lowest BCUT2D eigenvalue weighted by atomic mass is 9.78. The first-order chi connectivity index (χ1) is 14.3. The molecule has 2 saturated heterocycles. The Labute approximate surface area is 179 Å². The Balaban J connectivity index is 1.72. The number of rotatable bonds is 5. The van der Waals surface area contributed by atoms with E-state index in [2.05, 4.69) is 17.1 Å². The lowest BCUT2D eigenvalue weighted by molar-refractivity contribution is -0.137. The molecule has 1 amide bonds. The number of hydrogen-bond acceptors (Lipinski definition) is 2. The molecule has 2 aliphatic heterocycles. The molecule has 4 rings (SSSR count). The van der Waals surface area contributed by atoms with Crippen LogP contribution in [0.4, 0.5) is 13.2 Å². The molecule has 0 aliphatic carbocycles. The molecule has 0 saturated carbocycles. The van der Waals surface area contributed by atoms with Crippen molar-refractivity contribution in [3.05, 3.63) is 70.2 Å². The average molecular weight is 437 g/mol. The first-order valence-corrected chi connectivity index (χ1v) is 10.6. The van der Waals surface area contributed by atoms with Gasteiger partial charge in [0.25, 0.3) is 5.91 Å². The number of hydrogen-bond donors (Lipinski definition) is 1. The third-order valence-electron chi connectivity index (χ3n) is 6.67. The maximum absolute atomic E-state index is 13.3. The van der Waals surface area contributed by atoms with Crippen molar-refractivity contribution >= 4 is 17.5 Å². The molecule has 0 spiro atoms. The van der Waals surface area contributed by atoms with Crippen molar-refractivity contribution in [3.8, 4) is 0 Å². The molecule has 1 atom stereocenters. The summed E-state index contributed by atoms with van der Waals surface area (Å²) in [7, 11) is 0. The van der Waals surface area contributed by atoms with Crippen molar-refractivity contribution in [2.24, 2.45) is 0 Å². The van der Waals surface area contributed by atoms with Crippen LogP contribution in [0.2, 0.25) is 5.02 Å². The smallest absolute Gasteiger partial charge is 0.343 e. The van der Waals surface area contributed by atoms with Crippen molar-refractivity contribution in [3.63, 3.8) is 0 Å². The van der Waals surface area contributed by atoms with Crippen molar-refractivity contribution in [2.45, 2.75) is 56.4 Å². The largest absolute Gasteiger partial charge is 0.417 e. The molecular formula is C23H24ClF3N2O. The van der Waals surface area contributed by atoms with E-state index in [1.807, 2.05) is 30.3 Å². The average Bonchev–Trinajstić information content (AvgIpc) is 3.27. The molecule has 1 unspecified atom stereocenters. The van der Waals surface area contributed by atoms with Crippen molar-refractivity contribution in [1.29, 1.82) is 0 Å². The summed E-state index contributed by atoms with van der Waals surface area (Å²) in [6, 6.07) is 13.3. The molecule has 7 heteroatoms. The zero-order valence-corrected chi connectivity index (χ0v) is 17.4. The second kappa shape index (κ2) is 7.89. The summed E-state index contributed by atoms with van der Waals surface area (Å²) in [5, 5.41) is 2.50. The van der Waals surface area contributed by atoms with Crippen molar-refractivity contribution in [1.82, 2.24) is 10.2 Å². The lowest BCUT2D eigenvalue weighted by Crippen LogP contribution is -2.52. The van der Waals surface area contributed by atoms with Gasteiger partial charge in [0.15, 0.2) is 0 Å². The van der Waals surface area contributed by atoms with Gasteiger partial charge in [-0.15, -0.1) is 0 Å². The van der Waals surface area contributed by atoms with Gasteiger partial charge in [0.1, 0.15) is 0 Å². The normalized spacial score (nSPS) is 24.8. The molecule has 160 valence electrons. The van der Waals surface area contributed by atoms with E-state index in [1.165, 1.54) is 12.1 Å². The molecule has 30 heavy (non-hydrogen) atoms. The Hall–Kier alpha value is -2.05. The minimum atomic E-state index is -4.62. The van der Waals surface area contributed by atoms with Gasteiger partial charge in [-0.2, -0.15) is 13.2 Å². The summed E-state index contributed by atoms with van der Waals surface area (Å²) in [6.07, 6.45) is -0.591. The standard InChI is InChI=1S/C23H24ClF3N2O/c1-2-29-16-11-13-22(29,14-12-16)20(15-7-4-3-5-8-15)28-21(30)17-9-6-10-18(19(17)24)23(25,26)27/h3-10,16,20H,2,11-14H2,1H3,(H,28,30). The predicted molar refractivity (Wildman–Crippen MR) is 110 cm³/mol. The van der Waals surface area contributed by atoms with Gasteiger partial charge >= 0.3 is 6.18 Å². The molecule has 2 aromatic rings. The van der Waals surface area contributed by atoms with Gasteiger partial charge in [-0.3, -0.25) is 9.69 Å². The van der Waals surface area contributed by atoms with Gasteiger partial charge in [-0.1, -0.05) is 54.9 Å². The molecule has 2 heterocycles. The molecule has 2 aromatic carbocycles. The molecule has 2 aliphatic rings. The second-order valence-corrected chi connectivity index (χ2v) is 8.48. The Morgan fingerprint density at radius 3 is 2.43 bits per heavy atom. The molecule has 0 radical (unpaired) electrons. The van der Waals surface area contributed by atoms with E-state index < -0.39 is 22.7 Å². The number of alkyl halides is 3. The van der Waals surface area contributed by atoms with Crippen LogP contribution in [0.5, 0.6) is 0 Å². The highest BCUT2D eigenvalue weighted by Gasteiger charge is 2.55. The van der Waals surface area contributed by atoms with Crippen molar-refractivity contribution in [2.75, 3.05) is 6.54 Å². The Bertz CT molecular complexity index is 924. The number of nitrogens with one attached hydrogen (secondary N) is 1. The van der Waals surface area contributed by atoms with Gasteiger partial charge in [0, 0.05) is 11.6 Å². The van der Waals surface area contributed by atoms with E-state index in [9.17, 15) is 18.0 Å². The van der Waals surface area contributed by atoms with Crippen molar-refractivity contribution < 1.29 is 18.0 Å². The van der Waals surface area contributed by atoms with Gasteiger partial charge in [-0.25, -0.2) is 0 Å². The van der Waals surface area contributed by atoms with Crippen LogP contribution in [0, 0.1) is 0 Å². The molecule has 0 aromatic heterocycles. The van der Waals surface area contributed by atoms with E-state index in [4.69, 9.17) is 11.6 Å². The van der Waals surface area contributed by atoms with Crippen LogP contribution in [0.1, 0.15) is 60.1 Å². The Kier molecular flexibility index (Phi) is 5.58. The molecular weight excluding hydrogens is 413 g/mol. The van der Waals surface area contributed by atoms with Gasteiger partial charge < -0.3 is 5.32 Å². The quantitative estimate of drug-likeness (QED) is 0.638. The maximum atomic E-state index is 13.3. The number of nitrogens with zero attached hydrogens (tertiary/aromatic N) is 1. The van der Waals surface area contributed by atoms with E-state index >= 15 is 0 Å². The van der Waals surface area contributed by atoms with Crippen LogP contribution in [0.15, 0.2) is 48.5 Å². The van der Waals surface area contributed by atoms with E-state index in [0.717, 1.165) is 43.9 Å². The van der Waals surface area contributed by atoms with E-state index in [0.29, 0.717) is 6.04 Å². The zero-order chi connectivity index (χ0) is 21.5. The second-order valence-electron chi connectivity index (χ2n) is 8.10. The summed E-state index contributed by atoms with van der Waals surface area (Å²) < 4.78 is 39.8. The van der Waals surface area contributed by atoms with E-state index in [1.54, 1.807) is 0 Å². The summed E-state index contributed by atoms with van der Waals surface area (Å²) in [6.45, 7) is 2.99. The van der Waals surface area contributed by atoms with Crippen LogP contribution in [-0.4, -0.2) is 28.9 Å². The first-order valence-electron chi connectivity index (χ1n) is 10.3. The maximum Gasteiger partial charge on any atom is 0.417 e. The monoisotopic (exact) mass is 436 g/mol. The number of amides is 1. The highest BCUT2D eigenvalue weighted by atomic mass is 35.5. The van der Waals surface area contributed by atoms with Crippen LogP contribution < -0.4 is 5.32 Å². The minimum absolute atomic E-state index is 0.153. The molecule has 1 N–H and O–H groups in total. The summed E-state index contributed by atoms with van der Waals surface area (Å²) in [4.78, 5) is 15.6. The third kappa shape index (κ3) is 3.50. The minimum Gasteiger partial charge on any atom is -0.343 e. The van der Waals surface area contributed by atoms with Crippen LogP contribution >= 0.6 is 11.6 Å². The molecule has 3 nitrogen and oxygen atoms in total. The number of fused-ring (bicyclic) bond motifs is 2. The fourth-order valence-corrected chi connectivity index (χ4v) is 5.72. The topological polar surface area (TPSA) is 32.3 Å². The lowest BCUT2D eigenvalue weighted by Gasteiger charge is -2.42. The summed E-state index contributed by atoms with van der Waals surface area (Å²) in [5.74, 6) is -0.583. The first kappa shape index (κ1) is 21.2.